The van der Waals surface area contributed by atoms with Gasteiger partial charge in [0.05, 0.1) is 5.56 Å². The molecular formula is C13H18FNOS. The SMILES string of the molecule is CSCC[C@H](C)NC(=O)c1cc(C)ccc1F. The van der Waals surface area contributed by atoms with Crippen LogP contribution in [0.4, 0.5) is 4.39 Å². The first-order valence-electron chi connectivity index (χ1n) is 5.60. The number of carbonyl (C=O) groups is 1. The number of amides is 1. The van der Waals surface area contributed by atoms with E-state index in [0.717, 1.165) is 17.7 Å². The van der Waals surface area contributed by atoms with Crippen LogP contribution in [0.5, 0.6) is 0 Å². The van der Waals surface area contributed by atoms with Gasteiger partial charge in [-0.25, -0.2) is 4.39 Å². The van der Waals surface area contributed by atoms with Gasteiger partial charge in [-0.15, -0.1) is 0 Å². The zero-order valence-electron chi connectivity index (χ0n) is 10.4. The fourth-order valence-corrected chi connectivity index (χ4v) is 2.07. The van der Waals surface area contributed by atoms with Crippen LogP contribution in [0, 0.1) is 12.7 Å². The second kappa shape index (κ2) is 6.64. The second-order valence-corrected chi connectivity index (χ2v) is 5.12. The molecule has 0 aliphatic heterocycles. The minimum atomic E-state index is -0.467. The highest BCUT2D eigenvalue weighted by atomic mass is 32.2. The van der Waals surface area contributed by atoms with E-state index in [4.69, 9.17) is 0 Å². The van der Waals surface area contributed by atoms with E-state index in [9.17, 15) is 9.18 Å². The third kappa shape index (κ3) is 4.38. The first-order valence-corrected chi connectivity index (χ1v) is 7.00. The van der Waals surface area contributed by atoms with Crippen molar-refractivity contribution in [3.63, 3.8) is 0 Å². The third-order valence-electron chi connectivity index (χ3n) is 2.50. The van der Waals surface area contributed by atoms with Crippen molar-refractivity contribution in [1.29, 1.82) is 0 Å². The number of hydrogen-bond acceptors (Lipinski definition) is 2. The van der Waals surface area contributed by atoms with Crippen LogP contribution in [0.3, 0.4) is 0 Å². The van der Waals surface area contributed by atoms with Gasteiger partial charge < -0.3 is 5.32 Å². The summed E-state index contributed by atoms with van der Waals surface area (Å²) in [6, 6.07) is 4.63. The average molecular weight is 255 g/mol. The van der Waals surface area contributed by atoms with E-state index in [1.165, 1.54) is 6.07 Å². The molecule has 1 atom stereocenters. The summed E-state index contributed by atoms with van der Waals surface area (Å²) < 4.78 is 13.5. The van der Waals surface area contributed by atoms with Crippen LogP contribution in [0.15, 0.2) is 18.2 Å². The Kier molecular flexibility index (Phi) is 5.48. The van der Waals surface area contributed by atoms with Crippen LogP contribution in [-0.4, -0.2) is 24.0 Å². The lowest BCUT2D eigenvalue weighted by Crippen LogP contribution is -2.33. The molecule has 1 aromatic carbocycles. The molecule has 94 valence electrons. The monoisotopic (exact) mass is 255 g/mol. The van der Waals surface area contributed by atoms with Crippen molar-refractivity contribution in [1.82, 2.24) is 5.32 Å². The molecule has 0 radical (unpaired) electrons. The normalized spacial score (nSPS) is 12.2. The van der Waals surface area contributed by atoms with E-state index in [1.54, 1.807) is 23.9 Å². The molecule has 0 unspecified atom stereocenters. The third-order valence-corrected chi connectivity index (χ3v) is 3.14. The van der Waals surface area contributed by atoms with E-state index >= 15 is 0 Å². The van der Waals surface area contributed by atoms with E-state index < -0.39 is 5.82 Å². The van der Waals surface area contributed by atoms with Gasteiger partial charge in [0.15, 0.2) is 0 Å². The number of hydrogen-bond donors (Lipinski definition) is 1. The van der Waals surface area contributed by atoms with Crippen molar-refractivity contribution < 1.29 is 9.18 Å². The Morgan fingerprint density at radius 2 is 2.24 bits per heavy atom. The van der Waals surface area contributed by atoms with Crippen LogP contribution in [0.25, 0.3) is 0 Å². The van der Waals surface area contributed by atoms with Gasteiger partial charge in [-0.05, 0) is 44.4 Å². The van der Waals surface area contributed by atoms with Gasteiger partial charge in [-0.2, -0.15) is 11.8 Å². The highest BCUT2D eigenvalue weighted by molar-refractivity contribution is 7.98. The highest BCUT2D eigenvalue weighted by Gasteiger charge is 2.13. The molecule has 0 heterocycles. The molecule has 1 amide bonds. The largest absolute Gasteiger partial charge is 0.349 e. The molecule has 1 rings (SSSR count). The predicted octanol–water partition coefficient (Wildman–Crippen LogP) is 3.01. The fourth-order valence-electron chi connectivity index (χ4n) is 1.48. The maximum Gasteiger partial charge on any atom is 0.254 e. The Balaban J connectivity index is 2.66. The number of nitrogens with one attached hydrogen (secondary N) is 1. The summed E-state index contributed by atoms with van der Waals surface area (Å²) in [4.78, 5) is 11.8. The zero-order valence-corrected chi connectivity index (χ0v) is 11.2. The summed E-state index contributed by atoms with van der Waals surface area (Å²) in [6.45, 7) is 3.77. The zero-order chi connectivity index (χ0) is 12.8. The lowest BCUT2D eigenvalue weighted by atomic mass is 10.1. The van der Waals surface area contributed by atoms with Crippen LogP contribution < -0.4 is 5.32 Å². The van der Waals surface area contributed by atoms with Crippen LogP contribution in [0.2, 0.25) is 0 Å². The standard InChI is InChI=1S/C13H18FNOS/c1-9-4-5-12(14)11(8-9)13(16)15-10(2)6-7-17-3/h4-5,8,10H,6-7H2,1-3H3,(H,15,16)/t10-/m0/s1. The summed E-state index contributed by atoms with van der Waals surface area (Å²) in [5, 5.41) is 2.81. The van der Waals surface area contributed by atoms with Gasteiger partial charge in [0, 0.05) is 6.04 Å². The molecule has 1 aromatic rings. The molecule has 4 heteroatoms. The van der Waals surface area contributed by atoms with Gasteiger partial charge in [-0.3, -0.25) is 4.79 Å². The predicted molar refractivity (Wildman–Crippen MR) is 71.1 cm³/mol. The number of carbonyl (C=O) groups excluding carboxylic acids is 1. The molecule has 2 nitrogen and oxygen atoms in total. The number of halogens is 1. The Morgan fingerprint density at radius 3 is 2.88 bits per heavy atom. The molecular weight excluding hydrogens is 237 g/mol. The quantitative estimate of drug-likeness (QED) is 0.876. The number of thioether (sulfide) groups is 1. The fraction of sp³-hybridized carbons (Fsp3) is 0.462. The molecule has 17 heavy (non-hydrogen) atoms. The minimum absolute atomic E-state index is 0.0647. The van der Waals surface area contributed by atoms with Crippen molar-refractivity contribution in [2.75, 3.05) is 12.0 Å². The molecule has 0 fully saturated rings. The Morgan fingerprint density at radius 1 is 1.53 bits per heavy atom. The molecule has 0 bridgehead atoms. The van der Waals surface area contributed by atoms with Crippen molar-refractivity contribution in [2.24, 2.45) is 0 Å². The van der Waals surface area contributed by atoms with E-state index in [-0.39, 0.29) is 17.5 Å². The van der Waals surface area contributed by atoms with E-state index in [1.807, 2.05) is 20.1 Å². The molecule has 1 N–H and O–H groups in total. The topological polar surface area (TPSA) is 29.1 Å². The number of rotatable bonds is 5. The summed E-state index contributed by atoms with van der Waals surface area (Å²) in [5.41, 5.74) is 1.01. The summed E-state index contributed by atoms with van der Waals surface area (Å²) >= 11 is 1.73. The maximum absolute atomic E-state index is 13.5. The minimum Gasteiger partial charge on any atom is -0.349 e. The van der Waals surface area contributed by atoms with Gasteiger partial charge >= 0.3 is 0 Å². The second-order valence-electron chi connectivity index (χ2n) is 4.14. The smallest absolute Gasteiger partial charge is 0.254 e. The molecule has 0 saturated carbocycles. The molecule has 0 aliphatic carbocycles. The van der Waals surface area contributed by atoms with E-state index in [2.05, 4.69) is 5.32 Å². The molecule has 0 saturated heterocycles. The Bertz CT molecular complexity index is 395. The lowest BCUT2D eigenvalue weighted by Gasteiger charge is -2.13. The molecule has 0 aliphatic rings. The van der Waals surface area contributed by atoms with Gasteiger partial charge in [-0.1, -0.05) is 11.6 Å². The van der Waals surface area contributed by atoms with Crippen molar-refractivity contribution in [3.8, 4) is 0 Å². The number of benzene rings is 1. The Labute approximate surface area is 106 Å². The van der Waals surface area contributed by atoms with Gasteiger partial charge in [0.1, 0.15) is 5.82 Å². The van der Waals surface area contributed by atoms with E-state index in [0.29, 0.717) is 0 Å². The first-order chi connectivity index (χ1) is 8.04. The van der Waals surface area contributed by atoms with Gasteiger partial charge in [0.2, 0.25) is 0 Å². The summed E-state index contributed by atoms with van der Waals surface area (Å²) in [5.74, 6) is 0.183. The summed E-state index contributed by atoms with van der Waals surface area (Å²) in [6.07, 6.45) is 2.91. The summed E-state index contributed by atoms with van der Waals surface area (Å²) in [7, 11) is 0. The lowest BCUT2D eigenvalue weighted by molar-refractivity contribution is 0.0935. The van der Waals surface area contributed by atoms with Crippen molar-refractivity contribution in [3.05, 3.63) is 35.1 Å². The first kappa shape index (κ1) is 14.0. The van der Waals surface area contributed by atoms with Crippen LogP contribution in [-0.2, 0) is 0 Å². The van der Waals surface area contributed by atoms with Crippen molar-refractivity contribution in [2.45, 2.75) is 26.3 Å². The molecule has 0 aromatic heterocycles. The number of aryl methyl sites for hydroxylation is 1. The Hall–Kier alpha value is -1.03. The van der Waals surface area contributed by atoms with Crippen molar-refractivity contribution >= 4 is 17.7 Å². The molecule has 0 spiro atoms. The highest BCUT2D eigenvalue weighted by Crippen LogP contribution is 2.10. The maximum atomic E-state index is 13.5. The van der Waals surface area contributed by atoms with Crippen LogP contribution >= 0.6 is 11.8 Å². The van der Waals surface area contributed by atoms with Crippen LogP contribution in [0.1, 0.15) is 29.3 Å². The average Bonchev–Trinajstić information content (AvgIpc) is 2.29. The van der Waals surface area contributed by atoms with Gasteiger partial charge in [0.25, 0.3) is 5.91 Å².